The van der Waals surface area contributed by atoms with Crippen LogP contribution < -0.4 is 15.5 Å². The summed E-state index contributed by atoms with van der Waals surface area (Å²) in [5, 5.41) is 23.3. The Morgan fingerprint density at radius 2 is 1.89 bits per heavy atom. The predicted octanol–water partition coefficient (Wildman–Crippen LogP) is 1.61. The number of benzene rings is 1. The Labute approximate surface area is 165 Å². The van der Waals surface area contributed by atoms with Crippen molar-refractivity contribution < 1.29 is 4.79 Å². The van der Waals surface area contributed by atoms with Gasteiger partial charge >= 0.3 is 0 Å². The molecule has 2 atom stereocenters. The van der Waals surface area contributed by atoms with Crippen molar-refractivity contribution >= 4 is 11.7 Å². The highest BCUT2D eigenvalue weighted by molar-refractivity contribution is 5.79. The zero-order valence-corrected chi connectivity index (χ0v) is 16.5. The molecule has 1 aromatic heterocycles. The second-order valence-electron chi connectivity index (χ2n) is 7.44. The minimum absolute atomic E-state index is 0.00955. The molecule has 0 radical (unpaired) electrons. The van der Waals surface area contributed by atoms with Crippen LogP contribution in [0.25, 0.3) is 0 Å². The summed E-state index contributed by atoms with van der Waals surface area (Å²) in [7, 11) is 1.89. The number of nitrogens with zero attached hydrogens (tertiary/aromatic N) is 4. The van der Waals surface area contributed by atoms with Crippen molar-refractivity contribution in [1.29, 1.82) is 5.26 Å². The van der Waals surface area contributed by atoms with Crippen molar-refractivity contribution in [2.24, 2.45) is 0 Å². The Balaban J connectivity index is 1.60. The Morgan fingerprint density at radius 3 is 2.46 bits per heavy atom. The van der Waals surface area contributed by atoms with Crippen molar-refractivity contribution in [2.75, 3.05) is 25.0 Å². The van der Waals surface area contributed by atoms with Gasteiger partial charge in [-0.25, -0.2) is 0 Å². The lowest BCUT2D eigenvalue weighted by atomic mass is 10.0. The van der Waals surface area contributed by atoms with Crippen LogP contribution in [0.1, 0.15) is 36.6 Å². The van der Waals surface area contributed by atoms with E-state index in [-0.39, 0.29) is 18.0 Å². The fourth-order valence-corrected chi connectivity index (χ4v) is 3.45. The number of carbonyl (C=O) groups excluding carboxylic acids is 1. The molecule has 7 nitrogen and oxygen atoms in total. The number of rotatable bonds is 6. The molecule has 1 aromatic carbocycles. The van der Waals surface area contributed by atoms with Gasteiger partial charge in [0, 0.05) is 19.1 Å². The van der Waals surface area contributed by atoms with Crippen molar-refractivity contribution in [2.45, 2.75) is 38.3 Å². The molecular weight excluding hydrogens is 352 g/mol. The van der Waals surface area contributed by atoms with Crippen LogP contribution in [0.15, 0.2) is 36.4 Å². The number of aromatic nitrogens is 2. The molecule has 28 heavy (non-hydrogen) atoms. The Kier molecular flexibility index (Phi) is 6.22. The second-order valence-corrected chi connectivity index (χ2v) is 7.44. The summed E-state index contributed by atoms with van der Waals surface area (Å²) in [6.07, 6.45) is 0.363. The molecule has 1 amide bonds. The van der Waals surface area contributed by atoms with Crippen molar-refractivity contribution in [3.63, 3.8) is 0 Å². The number of carbonyl (C=O) groups is 1. The standard InChI is InChI=1S/C21H26N6O/c1-14(2)16-6-4-15(5-7-16)10-21(28)24-19-13-27(12-18(19)23-3)20-9-8-17(11-22)25-26-20/h4-9,14,18-19,23H,10,12-13H2,1-3H3,(H,24,28)/t18-,19-/m0/s1. The van der Waals surface area contributed by atoms with Gasteiger partial charge in [0.05, 0.1) is 12.5 Å². The van der Waals surface area contributed by atoms with E-state index >= 15 is 0 Å². The highest BCUT2D eigenvalue weighted by Gasteiger charge is 2.33. The molecule has 0 aliphatic carbocycles. The minimum atomic E-state index is -0.0233. The van der Waals surface area contributed by atoms with E-state index < -0.39 is 0 Å². The Bertz CT molecular complexity index is 841. The van der Waals surface area contributed by atoms with E-state index in [1.54, 1.807) is 12.1 Å². The largest absolute Gasteiger partial charge is 0.351 e. The summed E-state index contributed by atoms with van der Waals surface area (Å²) in [4.78, 5) is 14.6. The first kappa shape index (κ1) is 19.8. The fourth-order valence-electron chi connectivity index (χ4n) is 3.45. The molecule has 1 aliphatic rings. The van der Waals surface area contributed by atoms with E-state index in [0.29, 0.717) is 36.9 Å². The van der Waals surface area contributed by atoms with Crippen LogP contribution in [0.2, 0.25) is 0 Å². The monoisotopic (exact) mass is 378 g/mol. The number of likely N-dealkylation sites (N-methyl/N-ethyl adjacent to an activating group) is 1. The van der Waals surface area contributed by atoms with Gasteiger partial charge in [0.1, 0.15) is 6.07 Å². The lowest BCUT2D eigenvalue weighted by Gasteiger charge is -2.19. The summed E-state index contributed by atoms with van der Waals surface area (Å²) in [6, 6.07) is 13.7. The highest BCUT2D eigenvalue weighted by Crippen LogP contribution is 2.19. The average molecular weight is 378 g/mol. The molecule has 0 saturated carbocycles. The number of amides is 1. The van der Waals surface area contributed by atoms with Gasteiger partial charge in [0.25, 0.3) is 0 Å². The molecule has 2 N–H and O–H groups in total. The quantitative estimate of drug-likeness (QED) is 0.793. The Hall–Kier alpha value is -2.98. The Morgan fingerprint density at radius 1 is 1.18 bits per heavy atom. The van der Waals surface area contributed by atoms with Gasteiger partial charge in [0.15, 0.2) is 11.5 Å². The topological polar surface area (TPSA) is 93.9 Å². The first-order valence-corrected chi connectivity index (χ1v) is 9.54. The number of hydrogen-bond donors (Lipinski definition) is 2. The van der Waals surface area contributed by atoms with Crippen LogP contribution in [-0.2, 0) is 11.2 Å². The molecular formula is C21H26N6O. The zero-order valence-electron chi connectivity index (χ0n) is 16.5. The van der Waals surface area contributed by atoms with Gasteiger partial charge in [-0.1, -0.05) is 38.1 Å². The molecule has 3 rings (SSSR count). The van der Waals surface area contributed by atoms with Gasteiger partial charge in [-0.15, -0.1) is 10.2 Å². The van der Waals surface area contributed by atoms with E-state index in [4.69, 9.17) is 5.26 Å². The first-order chi connectivity index (χ1) is 13.5. The molecule has 7 heteroatoms. The third-order valence-electron chi connectivity index (χ3n) is 5.14. The summed E-state index contributed by atoms with van der Waals surface area (Å²) < 4.78 is 0. The SMILES string of the molecule is CN[C@H]1CN(c2ccc(C#N)nn2)C[C@@H]1NC(=O)Cc1ccc(C(C)C)cc1. The first-order valence-electron chi connectivity index (χ1n) is 9.54. The maximum absolute atomic E-state index is 12.6. The minimum Gasteiger partial charge on any atom is -0.351 e. The van der Waals surface area contributed by atoms with Crippen LogP contribution in [-0.4, -0.2) is 48.3 Å². The summed E-state index contributed by atoms with van der Waals surface area (Å²) in [5.74, 6) is 1.20. The molecule has 0 bridgehead atoms. The molecule has 0 unspecified atom stereocenters. The molecule has 2 aromatic rings. The molecule has 2 heterocycles. The van der Waals surface area contributed by atoms with Crippen molar-refractivity contribution in [3.8, 4) is 6.07 Å². The van der Waals surface area contributed by atoms with Gasteiger partial charge in [-0.2, -0.15) is 5.26 Å². The second kappa shape index (κ2) is 8.81. The van der Waals surface area contributed by atoms with E-state index in [1.807, 2.05) is 25.2 Å². The van der Waals surface area contributed by atoms with E-state index in [1.165, 1.54) is 5.56 Å². The van der Waals surface area contributed by atoms with Crippen LogP contribution in [0, 0.1) is 11.3 Å². The third-order valence-corrected chi connectivity index (χ3v) is 5.14. The van der Waals surface area contributed by atoms with Crippen LogP contribution in [0.4, 0.5) is 5.82 Å². The van der Waals surface area contributed by atoms with Gasteiger partial charge in [-0.05, 0) is 36.2 Å². The lowest BCUT2D eigenvalue weighted by Crippen LogP contribution is -2.48. The zero-order chi connectivity index (χ0) is 20.1. The number of nitriles is 1. The summed E-state index contributed by atoms with van der Waals surface area (Å²) >= 11 is 0. The van der Waals surface area contributed by atoms with Gasteiger partial charge in [-0.3, -0.25) is 4.79 Å². The summed E-state index contributed by atoms with van der Waals surface area (Å²) in [6.45, 7) is 5.67. The highest BCUT2D eigenvalue weighted by atomic mass is 16.1. The van der Waals surface area contributed by atoms with E-state index in [2.05, 4.69) is 51.7 Å². The van der Waals surface area contributed by atoms with E-state index in [0.717, 1.165) is 5.56 Å². The predicted molar refractivity (Wildman–Crippen MR) is 108 cm³/mol. The summed E-state index contributed by atoms with van der Waals surface area (Å²) in [5.41, 5.74) is 2.58. The van der Waals surface area contributed by atoms with E-state index in [9.17, 15) is 4.79 Å². The van der Waals surface area contributed by atoms with Gasteiger partial charge < -0.3 is 15.5 Å². The lowest BCUT2D eigenvalue weighted by molar-refractivity contribution is -0.121. The normalized spacial score (nSPS) is 18.9. The molecule has 146 valence electrons. The van der Waals surface area contributed by atoms with Gasteiger partial charge in [0.2, 0.25) is 5.91 Å². The third kappa shape index (κ3) is 4.65. The fraction of sp³-hybridized carbons (Fsp3) is 0.429. The van der Waals surface area contributed by atoms with Crippen LogP contribution in [0.5, 0.6) is 0 Å². The number of nitrogens with one attached hydrogen (secondary N) is 2. The maximum Gasteiger partial charge on any atom is 0.224 e. The number of hydrogen-bond acceptors (Lipinski definition) is 6. The van der Waals surface area contributed by atoms with Crippen LogP contribution >= 0.6 is 0 Å². The molecule has 1 saturated heterocycles. The van der Waals surface area contributed by atoms with Crippen LogP contribution in [0.3, 0.4) is 0 Å². The number of anilines is 1. The molecule has 1 fully saturated rings. The van der Waals surface area contributed by atoms with Crippen molar-refractivity contribution in [3.05, 3.63) is 53.2 Å². The van der Waals surface area contributed by atoms with Crippen molar-refractivity contribution in [1.82, 2.24) is 20.8 Å². The molecule has 0 spiro atoms. The molecule has 1 aliphatic heterocycles. The average Bonchev–Trinajstić information content (AvgIpc) is 3.11. The smallest absolute Gasteiger partial charge is 0.224 e. The maximum atomic E-state index is 12.6.